The number of rotatable bonds is 1. The molecule has 1 heterocycles. The summed E-state index contributed by atoms with van der Waals surface area (Å²) in [5.41, 5.74) is 0.764. The molecule has 1 aliphatic heterocycles. The molecule has 1 aromatic carbocycles. The van der Waals surface area contributed by atoms with Crippen molar-refractivity contribution < 1.29 is 29.6 Å². The van der Waals surface area contributed by atoms with Crippen LogP contribution in [0.25, 0.3) is 0 Å². The van der Waals surface area contributed by atoms with Crippen molar-refractivity contribution in [2.24, 2.45) is 0 Å². The lowest BCUT2D eigenvalue weighted by Crippen LogP contribution is -2.39. The van der Waals surface area contributed by atoms with E-state index in [1.54, 1.807) is 0 Å². The van der Waals surface area contributed by atoms with E-state index in [9.17, 15) is 24.9 Å². The number of phenols is 2. The van der Waals surface area contributed by atoms with Crippen LogP contribution in [0.5, 0.6) is 17.2 Å². The van der Waals surface area contributed by atoms with E-state index in [0.717, 1.165) is 18.2 Å². The molecule has 0 aromatic heterocycles. The summed E-state index contributed by atoms with van der Waals surface area (Å²) in [5.74, 6) is -1.39. The minimum atomic E-state index is -0.982. The van der Waals surface area contributed by atoms with Crippen LogP contribution in [-0.4, -0.2) is 39.1 Å². The Morgan fingerprint density at radius 2 is 1.86 bits per heavy atom. The minimum absolute atomic E-state index is 0.111. The Balaban J connectivity index is 1.96. The molecule has 0 fully saturated rings. The summed E-state index contributed by atoms with van der Waals surface area (Å²) in [4.78, 5) is 22.6. The van der Waals surface area contributed by atoms with Crippen LogP contribution in [0.1, 0.15) is 5.56 Å². The molecule has 3 N–H and O–H groups in total. The molecule has 0 spiro atoms. The van der Waals surface area contributed by atoms with Gasteiger partial charge in [0.15, 0.2) is 0 Å². The molecule has 0 radical (unpaired) electrons. The highest BCUT2D eigenvalue weighted by Gasteiger charge is 2.34. The molecular formula is C15H12O6. The molecule has 108 valence electrons. The van der Waals surface area contributed by atoms with Gasteiger partial charge in [-0.25, -0.2) is 0 Å². The topological polar surface area (TPSA) is 104 Å². The van der Waals surface area contributed by atoms with E-state index < -0.39 is 23.8 Å². The highest BCUT2D eigenvalue weighted by atomic mass is 16.5. The molecule has 1 aliphatic carbocycles. The first kappa shape index (κ1) is 13.4. The number of carbonyl (C=O) groups excluding carboxylic acids is 2. The van der Waals surface area contributed by atoms with Gasteiger partial charge >= 0.3 is 0 Å². The lowest BCUT2D eigenvalue weighted by Gasteiger charge is -2.32. The predicted molar refractivity (Wildman–Crippen MR) is 71.1 cm³/mol. The third-order valence-electron chi connectivity index (χ3n) is 3.48. The summed E-state index contributed by atoms with van der Waals surface area (Å²) >= 11 is 0. The third-order valence-corrected chi connectivity index (χ3v) is 3.48. The smallest absolute Gasteiger partial charge is 0.226 e. The van der Waals surface area contributed by atoms with Gasteiger partial charge in [0.1, 0.15) is 23.4 Å². The Morgan fingerprint density at radius 3 is 2.57 bits per heavy atom. The van der Waals surface area contributed by atoms with Crippen molar-refractivity contribution in [3.8, 4) is 17.2 Å². The van der Waals surface area contributed by atoms with Gasteiger partial charge in [0, 0.05) is 24.1 Å². The van der Waals surface area contributed by atoms with Crippen molar-refractivity contribution in [2.45, 2.75) is 18.6 Å². The number of phenolic OH excluding ortho intramolecular Hbond substituents is 2. The first-order valence-electron chi connectivity index (χ1n) is 6.33. The summed E-state index contributed by atoms with van der Waals surface area (Å²) in [6.07, 6.45) is 1.97. The van der Waals surface area contributed by atoms with Gasteiger partial charge < -0.3 is 20.1 Å². The van der Waals surface area contributed by atoms with Crippen LogP contribution in [0.15, 0.2) is 35.9 Å². The number of carbonyl (C=O) groups is 2. The standard InChI is InChI=1S/C15H12O6/c16-8-4-11(18)9-6-13(20)15(21-14(9)5-8)7-1-2-10(17)12(19)3-7/h1-5,13,15-16,18,20H,6H2/t13-,15+/m0/s1. The zero-order chi connectivity index (χ0) is 15.1. The second-order valence-electron chi connectivity index (χ2n) is 4.96. The summed E-state index contributed by atoms with van der Waals surface area (Å²) in [7, 11) is 0. The Labute approximate surface area is 119 Å². The maximum absolute atomic E-state index is 11.4. The lowest BCUT2D eigenvalue weighted by atomic mass is 9.91. The molecule has 21 heavy (non-hydrogen) atoms. The van der Waals surface area contributed by atoms with Gasteiger partial charge in [0.25, 0.3) is 0 Å². The van der Waals surface area contributed by atoms with Gasteiger partial charge in [-0.05, 0) is 17.7 Å². The Kier molecular flexibility index (Phi) is 3.03. The van der Waals surface area contributed by atoms with Crippen molar-refractivity contribution >= 4 is 11.6 Å². The maximum Gasteiger partial charge on any atom is 0.226 e. The molecular weight excluding hydrogens is 276 g/mol. The van der Waals surface area contributed by atoms with E-state index in [4.69, 9.17) is 4.74 Å². The van der Waals surface area contributed by atoms with Crippen LogP contribution in [0, 0.1) is 0 Å². The van der Waals surface area contributed by atoms with Gasteiger partial charge in [-0.1, -0.05) is 6.08 Å². The van der Waals surface area contributed by atoms with Crippen LogP contribution < -0.4 is 4.74 Å². The Hall–Kier alpha value is -2.60. The number of aliphatic hydroxyl groups excluding tert-OH is 1. The number of benzene rings is 1. The van der Waals surface area contributed by atoms with E-state index in [0.29, 0.717) is 11.1 Å². The van der Waals surface area contributed by atoms with E-state index in [2.05, 4.69) is 0 Å². The largest absolute Gasteiger partial charge is 0.508 e. The molecule has 0 amide bonds. The van der Waals surface area contributed by atoms with Crippen LogP contribution in [-0.2, 0) is 16.0 Å². The normalized spacial score (nSPS) is 24.3. The van der Waals surface area contributed by atoms with Crippen molar-refractivity contribution in [3.63, 3.8) is 0 Å². The van der Waals surface area contributed by atoms with Crippen molar-refractivity contribution in [1.82, 2.24) is 0 Å². The van der Waals surface area contributed by atoms with Crippen LogP contribution >= 0.6 is 0 Å². The molecule has 0 bridgehead atoms. The molecule has 6 heteroatoms. The van der Waals surface area contributed by atoms with E-state index >= 15 is 0 Å². The third kappa shape index (κ3) is 2.30. The first-order valence-corrected chi connectivity index (χ1v) is 6.33. The SMILES string of the molecule is O=C1C=CC([C@H]2Oc3cc(O)cc(O)c3C[C@@H]2O)=CC1=O. The molecule has 0 saturated heterocycles. The number of ketones is 2. The number of ether oxygens (including phenoxy) is 1. The molecule has 0 saturated carbocycles. The van der Waals surface area contributed by atoms with Gasteiger partial charge in [-0.3, -0.25) is 9.59 Å². The summed E-state index contributed by atoms with van der Waals surface area (Å²) in [6.45, 7) is 0. The number of aromatic hydroxyl groups is 2. The number of fused-ring (bicyclic) bond motifs is 1. The van der Waals surface area contributed by atoms with Gasteiger partial charge in [0.2, 0.25) is 11.6 Å². The average Bonchev–Trinajstić information content (AvgIpc) is 2.42. The van der Waals surface area contributed by atoms with E-state index in [1.165, 1.54) is 12.1 Å². The molecule has 6 nitrogen and oxygen atoms in total. The summed E-state index contributed by atoms with van der Waals surface area (Å²) in [5, 5.41) is 29.4. The molecule has 0 unspecified atom stereocenters. The minimum Gasteiger partial charge on any atom is -0.508 e. The van der Waals surface area contributed by atoms with Crippen molar-refractivity contribution in [1.29, 1.82) is 0 Å². The first-order chi connectivity index (χ1) is 9.95. The van der Waals surface area contributed by atoms with Gasteiger partial charge in [-0.2, -0.15) is 0 Å². The van der Waals surface area contributed by atoms with Crippen LogP contribution in [0.3, 0.4) is 0 Å². The zero-order valence-electron chi connectivity index (χ0n) is 10.8. The molecule has 2 atom stereocenters. The number of hydrogen-bond acceptors (Lipinski definition) is 6. The van der Waals surface area contributed by atoms with Crippen LogP contribution in [0.2, 0.25) is 0 Å². The molecule has 2 aliphatic rings. The van der Waals surface area contributed by atoms with E-state index in [-0.39, 0.29) is 23.7 Å². The summed E-state index contributed by atoms with van der Waals surface area (Å²) < 4.78 is 5.58. The van der Waals surface area contributed by atoms with Crippen molar-refractivity contribution in [3.05, 3.63) is 41.5 Å². The van der Waals surface area contributed by atoms with E-state index in [1.807, 2.05) is 0 Å². The Bertz CT molecular complexity index is 700. The number of aliphatic hydroxyl groups is 1. The molecule has 3 rings (SSSR count). The highest BCUT2D eigenvalue weighted by Crippen LogP contribution is 2.39. The fourth-order valence-electron chi connectivity index (χ4n) is 2.45. The predicted octanol–water partition coefficient (Wildman–Crippen LogP) is 0.397. The summed E-state index contributed by atoms with van der Waals surface area (Å²) in [6, 6.07) is 2.49. The van der Waals surface area contributed by atoms with Crippen LogP contribution in [0.4, 0.5) is 0 Å². The fraction of sp³-hybridized carbons (Fsp3) is 0.200. The van der Waals surface area contributed by atoms with Crippen molar-refractivity contribution in [2.75, 3.05) is 0 Å². The average molecular weight is 288 g/mol. The zero-order valence-corrected chi connectivity index (χ0v) is 10.8. The molecule has 1 aromatic rings. The maximum atomic E-state index is 11.4. The lowest BCUT2D eigenvalue weighted by molar-refractivity contribution is -0.131. The number of allylic oxidation sites excluding steroid dienone is 2. The second-order valence-corrected chi connectivity index (χ2v) is 4.96. The number of hydrogen-bond donors (Lipinski definition) is 3. The highest BCUT2D eigenvalue weighted by molar-refractivity contribution is 6.46. The van der Waals surface area contributed by atoms with Gasteiger partial charge in [-0.15, -0.1) is 0 Å². The quantitative estimate of drug-likeness (QED) is 0.510. The Morgan fingerprint density at radius 1 is 1.10 bits per heavy atom. The fourth-order valence-corrected chi connectivity index (χ4v) is 2.45. The van der Waals surface area contributed by atoms with Gasteiger partial charge in [0.05, 0.1) is 6.10 Å². The second kappa shape index (κ2) is 4.75. The monoisotopic (exact) mass is 288 g/mol.